The zero-order valence-corrected chi connectivity index (χ0v) is 14.3. The number of rotatable bonds is 5. The summed E-state index contributed by atoms with van der Waals surface area (Å²) >= 11 is 0. The lowest BCUT2D eigenvalue weighted by atomic mass is 9.88. The van der Waals surface area contributed by atoms with Gasteiger partial charge in [-0.1, -0.05) is 19.3 Å². The summed E-state index contributed by atoms with van der Waals surface area (Å²) in [6.07, 6.45) is 12.0. The van der Waals surface area contributed by atoms with E-state index in [2.05, 4.69) is 15.2 Å². The minimum atomic E-state index is -0.380. The Morgan fingerprint density at radius 2 is 1.92 bits per heavy atom. The van der Waals surface area contributed by atoms with Gasteiger partial charge in [0, 0.05) is 38.1 Å². The van der Waals surface area contributed by atoms with E-state index < -0.39 is 0 Å². The van der Waals surface area contributed by atoms with Crippen molar-refractivity contribution >= 4 is 5.91 Å². The molecule has 2 heterocycles. The molecule has 1 aromatic heterocycles. The number of likely N-dealkylation sites (tertiary alicyclic amines) is 1. The van der Waals surface area contributed by atoms with Crippen molar-refractivity contribution in [1.82, 2.24) is 19.8 Å². The molecule has 1 aromatic rings. The van der Waals surface area contributed by atoms with Gasteiger partial charge >= 0.3 is 5.69 Å². The SMILES string of the molecule is O=C(Cn1cccnc1=O)NC1CCN(CC2CCCCC2)CC1. The molecule has 6 nitrogen and oxygen atoms in total. The van der Waals surface area contributed by atoms with E-state index in [9.17, 15) is 9.59 Å². The van der Waals surface area contributed by atoms with Crippen LogP contribution in [0.1, 0.15) is 44.9 Å². The third kappa shape index (κ3) is 4.90. The first-order chi connectivity index (χ1) is 11.7. The number of carbonyl (C=O) groups excluding carboxylic acids is 1. The van der Waals surface area contributed by atoms with E-state index in [0.717, 1.165) is 31.8 Å². The highest BCUT2D eigenvalue weighted by molar-refractivity contribution is 5.76. The minimum Gasteiger partial charge on any atom is -0.352 e. The highest BCUT2D eigenvalue weighted by Crippen LogP contribution is 2.25. The zero-order valence-electron chi connectivity index (χ0n) is 14.3. The molecule has 1 aliphatic carbocycles. The number of nitrogens with one attached hydrogen (secondary N) is 1. The van der Waals surface area contributed by atoms with Gasteiger partial charge in [0.1, 0.15) is 6.54 Å². The average Bonchev–Trinajstić information content (AvgIpc) is 2.60. The number of amides is 1. The third-order valence-corrected chi connectivity index (χ3v) is 5.29. The molecule has 0 atom stereocenters. The number of piperidine rings is 1. The molecule has 2 aliphatic rings. The van der Waals surface area contributed by atoms with Crippen molar-refractivity contribution in [2.24, 2.45) is 5.92 Å². The first-order valence-electron chi connectivity index (χ1n) is 9.24. The van der Waals surface area contributed by atoms with Gasteiger partial charge < -0.3 is 10.2 Å². The molecule has 0 unspecified atom stereocenters. The summed E-state index contributed by atoms with van der Waals surface area (Å²) in [4.78, 5) is 29.9. The highest BCUT2D eigenvalue weighted by atomic mass is 16.2. The van der Waals surface area contributed by atoms with Gasteiger partial charge in [-0.05, 0) is 37.7 Å². The molecule has 24 heavy (non-hydrogen) atoms. The summed E-state index contributed by atoms with van der Waals surface area (Å²) in [5, 5.41) is 3.07. The molecule has 1 amide bonds. The fraction of sp³-hybridized carbons (Fsp3) is 0.722. The van der Waals surface area contributed by atoms with Crippen LogP contribution < -0.4 is 11.0 Å². The summed E-state index contributed by atoms with van der Waals surface area (Å²) in [6, 6.07) is 1.89. The molecule has 0 aromatic carbocycles. The number of hydrogen-bond acceptors (Lipinski definition) is 4. The normalized spacial score (nSPS) is 20.8. The van der Waals surface area contributed by atoms with Gasteiger partial charge in [-0.2, -0.15) is 0 Å². The number of hydrogen-bond donors (Lipinski definition) is 1. The van der Waals surface area contributed by atoms with E-state index in [4.69, 9.17) is 0 Å². The van der Waals surface area contributed by atoms with Gasteiger partial charge in [0.2, 0.25) is 5.91 Å². The Hall–Kier alpha value is -1.69. The molecule has 6 heteroatoms. The average molecular weight is 332 g/mol. The van der Waals surface area contributed by atoms with E-state index in [1.54, 1.807) is 12.3 Å². The first-order valence-corrected chi connectivity index (χ1v) is 9.24. The Kier molecular flexibility index (Phi) is 6.01. The molecule has 0 spiro atoms. The number of nitrogens with zero attached hydrogens (tertiary/aromatic N) is 3. The Bertz CT molecular complexity index is 587. The molecule has 0 radical (unpaired) electrons. The van der Waals surface area contributed by atoms with Crippen LogP contribution in [0.15, 0.2) is 23.3 Å². The van der Waals surface area contributed by atoms with E-state index >= 15 is 0 Å². The summed E-state index contributed by atoms with van der Waals surface area (Å²) in [5.74, 6) is 0.776. The predicted molar refractivity (Wildman–Crippen MR) is 92.7 cm³/mol. The molecule has 1 saturated carbocycles. The minimum absolute atomic E-state index is 0.0506. The standard InChI is InChI=1S/C18H28N4O2/c23-17(14-22-10-4-9-19-18(22)24)20-16-7-11-21(12-8-16)13-15-5-2-1-3-6-15/h4,9-10,15-16H,1-3,5-8,11-14H2,(H,20,23). The highest BCUT2D eigenvalue weighted by Gasteiger charge is 2.23. The second-order valence-electron chi connectivity index (χ2n) is 7.18. The van der Waals surface area contributed by atoms with Crippen LogP contribution in [0.2, 0.25) is 0 Å². The molecule has 0 bridgehead atoms. The van der Waals surface area contributed by atoms with Crippen LogP contribution in [0.5, 0.6) is 0 Å². The smallest absolute Gasteiger partial charge is 0.347 e. The third-order valence-electron chi connectivity index (χ3n) is 5.29. The van der Waals surface area contributed by atoms with Crippen LogP contribution >= 0.6 is 0 Å². The van der Waals surface area contributed by atoms with Crippen LogP contribution in [0.3, 0.4) is 0 Å². The molecule has 132 valence electrons. The van der Waals surface area contributed by atoms with Gasteiger partial charge in [-0.25, -0.2) is 9.78 Å². The molecule has 1 N–H and O–H groups in total. The van der Waals surface area contributed by atoms with Crippen LogP contribution in [0.4, 0.5) is 0 Å². The summed E-state index contributed by atoms with van der Waals surface area (Å²) in [5.41, 5.74) is -0.380. The topological polar surface area (TPSA) is 67.2 Å². The maximum atomic E-state index is 12.1. The van der Waals surface area contributed by atoms with Gasteiger partial charge in [0.05, 0.1) is 0 Å². The lowest BCUT2D eigenvalue weighted by molar-refractivity contribution is -0.122. The van der Waals surface area contributed by atoms with Crippen LogP contribution in [0, 0.1) is 5.92 Å². The van der Waals surface area contributed by atoms with Gasteiger partial charge in [0.25, 0.3) is 0 Å². The largest absolute Gasteiger partial charge is 0.352 e. The maximum Gasteiger partial charge on any atom is 0.347 e. The van der Waals surface area contributed by atoms with Crippen molar-refractivity contribution in [3.8, 4) is 0 Å². The zero-order chi connectivity index (χ0) is 16.8. The fourth-order valence-corrected chi connectivity index (χ4v) is 3.93. The van der Waals surface area contributed by atoms with E-state index in [0.29, 0.717) is 0 Å². The Labute approximate surface area is 143 Å². The fourth-order valence-electron chi connectivity index (χ4n) is 3.93. The molecular weight excluding hydrogens is 304 g/mol. The van der Waals surface area contributed by atoms with Crippen molar-refractivity contribution in [3.63, 3.8) is 0 Å². The molecular formula is C18H28N4O2. The molecule has 1 aliphatic heterocycles. The summed E-state index contributed by atoms with van der Waals surface area (Å²) < 4.78 is 1.34. The maximum absolute atomic E-state index is 12.1. The summed E-state index contributed by atoms with van der Waals surface area (Å²) in [6.45, 7) is 3.41. The summed E-state index contributed by atoms with van der Waals surface area (Å²) in [7, 11) is 0. The molecule has 2 fully saturated rings. The van der Waals surface area contributed by atoms with Crippen LogP contribution in [0.25, 0.3) is 0 Å². The Balaban J connectivity index is 1.39. The van der Waals surface area contributed by atoms with Gasteiger partial charge in [-0.3, -0.25) is 9.36 Å². The van der Waals surface area contributed by atoms with Crippen molar-refractivity contribution in [1.29, 1.82) is 0 Å². The molecule has 1 saturated heterocycles. The first kappa shape index (κ1) is 17.1. The van der Waals surface area contributed by atoms with Crippen molar-refractivity contribution in [3.05, 3.63) is 28.9 Å². The second-order valence-corrected chi connectivity index (χ2v) is 7.18. The monoisotopic (exact) mass is 332 g/mol. The lowest BCUT2D eigenvalue weighted by Crippen LogP contribution is -2.47. The predicted octanol–water partition coefficient (Wildman–Crippen LogP) is 1.40. The number of carbonyl (C=O) groups is 1. The second kappa shape index (κ2) is 8.42. The van der Waals surface area contributed by atoms with Crippen molar-refractivity contribution < 1.29 is 4.79 Å². The van der Waals surface area contributed by atoms with Crippen molar-refractivity contribution in [2.45, 2.75) is 57.5 Å². The van der Waals surface area contributed by atoms with E-state index in [1.165, 1.54) is 49.4 Å². The van der Waals surface area contributed by atoms with Gasteiger partial charge in [-0.15, -0.1) is 0 Å². The van der Waals surface area contributed by atoms with Crippen LogP contribution in [-0.2, 0) is 11.3 Å². The van der Waals surface area contributed by atoms with Crippen molar-refractivity contribution in [2.75, 3.05) is 19.6 Å². The van der Waals surface area contributed by atoms with Gasteiger partial charge in [0.15, 0.2) is 0 Å². The Morgan fingerprint density at radius 1 is 1.17 bits per heavy atom. The van der Waals surface area contributed by atoms with E-state index in [-0.39, 0.29) is 24.2 Å². The molecule has 3 rings (SSSR count). The number of aromatic nitrogens is 2. The van der Waals surface area contributed by atoms with Crippen LogP contribution in [-0.4, -0.2) is 46.0 Å². The quantitative estimate of drug-likeness (QED) is 0.885. The van der Waals surface area contributed by atoms with E-state index in [1.807, 2.05) is 0 Å². The Morgan fingerprint density at radius 3 is 2.62 bits per heavy atom. The lowest BCUT2D eigenvalue weighted by Gasteiger charge is -2.35.